The number of amides is 1. The summed E-state index contributed by atoms with van der Waals surface area (Å²) < 4.78 is 19.3. The number of nitrogens with one attached hydrogen (secondary N) is 1. The summed E-state index contributed by atoms with van der Waals surface area (Å²) in [5, 5.41) is 2.92. The summed E-state index contributed by atoms with van der Waals surface area (Å²) in [6.07, 6.45) is 2.94. The van der Waals surface area contributed by atoms with Crippen LogP contribution in [0.3, 0.4) is 0 Å². The molecule has 1 heterocycles. The number of aryl methyl sites for hydroxylation is 1. The van der Waals surface area contributed by atoms with Gasteiger partial charge in [-0.15, -0.1) is 0 Å². The number of oxazole rings is 1. The topological polar surface area (TPSA) is 81.1 Å². The fourth-order valence-corrected chi connectivity index (χ4v) is 2.51. The van der Waals surface area contributed by atoms with Gasteiger partial charge in [-0.2, -0.15) is 0 Å². The van der Waals surface area contributed by atoms with Crippen LogP contribution in [0.1, 0.15) is 32.6 Å². The van der Waals surface area contributed by atoms with Crippen LogP contribution in [0.15, 0.2) is 34.9 Å². The number of carbonyl (C=O) groups excluding carboxylic acids is 1. The van der Waals surface area contributed by atoms with Gasteiger partial charge >= 0.3 is 0 Å². The summed E-state index contributed by atoms with van der Waals surface area (Å²) in [6, 6.07) is 6.33. The molecule has 1 aromatic carbocycles. The third-order valence-electron chi connectivity index (χ3n) is 3.66. The second-order valence-electron chi connectivity index (χ2n) is 6.23. The maximum absolute atomic E-state index is 13.7. The van der Waals surface area contributed by atoms with Gasteiger partial charge in [-0.25, -0.2) is 9.37 Å². The zero-order chi connectivity index (χ0) is 17.5. The molecule has 0 saturated carbocycles. The van der Waals surface area contributed by atoms with Crippen molar-refractivity contribution in [2.45, 2.75) is 39.2 Å². The Balaban J connectivity index is 1.89. The van der Waals surface area contributed by atoms with Crippen LogP contribution in [0.5, 0.6) is 0 Å². The van der Waals surface area contributed by atoms with Crippen LogP contribution >= 0.6 is 0 Å². The van der Waals surface area contributed by atoms with E-state index in [9.17, 15) is 9.18 Å². The Morgan fingerprint density at radius 1 is 1.38 bits per heavy atom. The fourth-order valence-electron chi connectivity index (χ4n) is 2.51. The molecule has 2 rings (SSSR count). The van der Waals surface area contributed by atoms with E-state index in [1.165, 1.54) is 12.3 Å². The second kappa shape index (κ2) is 8.59. The second-order valence-corrected chi connectivity index (χ2v) is 6.23. The molecule has 24 heavy (non-hydrogen) atoms. The molecule has 6 heteroatoms. The molecule has 0 aliphatic rings. The molecule has 0 spiro atoms. The van der Waals surface area contributed by atoms with Gasteiger partial charge in [0.1, 0.15) is 5.82 Å². The summed E-state index contributed by atoms with van der Waals surface area (Å²) in [6.45, 7) is 4.60. The summed E-state index contributed by atoms with van der Waals surface area (Å²) in [7, 11) is 0. The van der Waals surface area contributed by atoms with E-state index in [4.69, 9.17) is 10.2 Å². The first-order chi connectivity index (χ1) is 11.5. The molecule has 5 nitrogen and oxygen atoms in total. The van der Waals surface area contributed by atoms with Gasteiger partial charge in [-0.1, -0.05) is 26.0 Å². The lowest BCUT2D eigenvalue weighted by molar-refractivity contribution is -0.121. The maximum atomic E-state index is 13.7. The van der Waals surface area contributed by atoms with Gasteiger partial charge in [0.25, 0.3) is 0 Å². The van der Waals surface area contributed by atoms with Crippen LogP contribution in [0, 0.1) is 11.7 Å². The Morgan fingerprint density at radius 2 is 2.12 bits per heavy atom. The van der Waals surface area contributed by atoms with Crippen LogP contribution in [0.2, 0.25) is 0 Å². The number of nitrogens with zero attached hydrogens (tertiary/aromatic N) is 1. The van der Waals surface area contributed by atoms with Crippen LogP contribution in [0.4, 0.5) is 4.39 Å². The van der Waals surface area contributed by atoms with Crippen LogP contribution in [-0.4, -0.2) is 23.5 Å². The summed E-state index contributed by atoms with van der Waals surface area (Å²) >= 11 is 0. The summed E-state index contributed by atoms with van der Waals surface area (Å²) in [5.41, 5.74) is 6.04. The van der Waals surface area contributed by atoms with Crippen molar-refractivity contribution in [2.24, 2.45) is 11.7 Å². The minimum atomic E-state index is -0.364. The Labute approximate surface area is 141 Å². The third kappa shape index (κ3) is 5.16. The molecule has 1 aromatic heterocycles. The highest BCUT2D eigenvalue weighted by atomic mass is 19.1. The number of nitrogens with two attached hydrogens (primary N) is 1. The first-order valence-corrected chi connectivity index (χ1v) is 8.18. The van der Waals surface area contributed by atoms with Gasteiger partial charge in [0.15, 0.2) is 11.7 Å². The monoisotopic (exact) mass is 333 g/mol. The van der Waals surface area contributed by atoms with E-state index in [2.05, 4.69) is 24.1 Å². The predicted molar refractivity (Wildman–Crippen MR) is 90.7 cm³/mol. The maximum Gasteiger partial charge on any atom is 0.220 e. The van der Waals surface area contributed by atoms with Crippen LogP contribution in [0.25, 0.3) is 11.3 Å². The molecule has 1 amide bonds. The Hall–Kier alpha value is -2.21. The highest BCUT2D eigenvalue weighted by Crippen LogP contribution is 2.23. The van der Waals surface area contributed by atoms with Crippen molar-refractivity contribution >= 4 is 5.91 Å². The van der Waals surface area contributed by atoms with E-state index >= 15 is 0 Å². The zero-order valence-corrected chi connectivity index (χ0v) is 14.1. The van der Waals surface area contributed by atoms with E-state index in [1.54, 1.807) is 18.2 Å². The minimum Gasteiger partial charge on any atom is -0.441 e. The number of rotatable bonds is 8. The van der Waals surface area contributed by atoms with Crippen molar-refractivity contribution in [2.75, 3.05) is 6.54 Å². The highest BCUT2D eigenvalue weighted by Gasteiger charge is 2.14. The molecule has 130 valence electrons. The predicted octanol–water partition coefficient (Wildman–Crippen LogP) is 2.90. The average molecular weight is 333 g/mol. The van der Waals surface area contributed by atoms with Gasteiger partial charge in [-0.3, -0.25) is 4.79 Å². The van der Waals surface area contributed by atoms with Crippen molar-refractivity contribution in [3.8, 4) is 11.3 Å². The van der Waals surface area contributed by atoms with Crippen molar-refractivity contribution in [3.63, 3.8) is 0 Å². The van der Waals surface area contributed by atoms with E-state index in [-0.39, 0.29) is 24.2 Å². The minimum absolute atomic E-state index is 0.0176. The highest BCUT2D eigenvalue weighted by molar-refractivity contribution is 5.76. The van der Waals surface area contributed by atoms with E-state index in [0.29, 0.717) is 36.1 Å². The Morgan fingerprint density at radius 3 is 2.79 bits per heavy atom. The van der Waals surface area contributed by atoms with Crippen LogP contribution < -0.4 is 11.1 Å². The van der Waals surface area contributed by atoms with Gasteiger partial charge in [0, 0.05) is 25.4 Å². The molecule has 0 fully saturated rings. The van der Waals surface area contributed by atoms with Crippen molar-refractivity contribution in [3.05, 3.63) is 42.2 Å². The SMILES string of the molecule is CC(C)CC(CN)NC(=O)CCc1ncc(-c2ccccc2F)o1. The van der Waals surface area contributed by atoms with Gasteiger partial charge in [0.05, 0.1) is 11.8 Å². The number of halogens is 1. The van der Waals surface area contributed by atoms with Crippen molar-refractivity contribution in [1.82, 2.24) is 10.3 Å². The first-order valence-electron chi connectivity index (χ1n) is 8.18. The molecule has 0 aliphatic heterocycles. The molecule has 1 atom stereocenters. The van der Waals surface area contributed by atoms with E-state index < -0.39 is 0 Å². The molecule has 2 aromatic rings. The first kappa shape index (κ1) is 18.1. The smallest absolute Gasteiger partial charge is 0.220 e. The lowest BCUT2D eigenvalue weighted by atomic mass is 10.0. The third-order valence-corrected chi connectivity index (χ3v) is 3.66. The lowest BCUT2D eigenvalue weighted by Crippen LogP contribution is -2.41. The Bertz CT molecular complexity index is 670. The molecule has 0 saturated heterocycles. The lowest BCUT2D eigenvalue weighted by Gasteiger charge is -2.18. The number of hydrogen-bond acceptors (Lipinski definition) is 4. The normalized spacial score (nSPS) is 12.4. The molecule has 0 radical (unpaired) electrons. The Kier molecular flexibility index (Phi) is 6.49. The molecule has 0 bridgehead atoms. The van der Waals surface area contributed by atoms with Crippen LogP contribution in [-0.2, 0) is 11.2 Å². The molecular formula is C18H24FN3O2. The molecule has 1 unspecified atom stereocenters. The molecule has 0 aliphatic carbocycles. The average Bonchev–Trinajstić information content (AvgIpc) is 3.01. The van der Waals surface area contributed by atoms with Gasteiger partial charge < -0.3 is 15.5 Å². The largest absolute Gasteiger partial charge is 0.441 e. The molecular weight excluding hydrogens is 309 g/mol. The van der Waals surface area contributed by atoms with E-state index in [0.717, 1.165) is 6.42 Å². The fraction of sp³-hybridized carbons (Fsp3) is 0.444. The number of aromatic nitrogens is 1. The standard InChI is InChI=1S/C18H24FN3O2/c1-12(2)9-13(10-20)22-17(23)7-8-18-21-11-16(24-18)14-5-3-4-6-15(14)19/h3-6,11-13H,7-10,20H2,1-2H3,(H,22,23). The molecule has 3 N–H and O–H groups in total. The van der Waals surface area contributed by atoms with Gasteiger partial charge in [-0.05, 0) is 24.5 Å². The number of carbonyl (C=O) groups is 1. The number of hydrogen-bond donors (Lipinski definition) is 2. The summed E-state index contributed by atoms with van der Waals surface area (Å²) in [4.78, 5) is 16.1. The van der Waals surface area contributed by atoms with Gasteiger partial charge in [0.2, 0.25) is 5.91 Å². The summed E-state index contributed by atoms with van der Waals surface area (Å²) in [5.74, 6) is 0.794. The number of benzene rings is 1. The zero-order valence-electron chi connectivity index (χ0n) is 14.1. The quantitative estimate of drug-likeness (QED) is 0.778. The van der Waals surface area contributed by atoms with E-state index in [1.807, 2.05) is 0 Å². The van der Waals surface area contributed by atoms with Crippen molar-refractivity contribution in [1.29, 1.82) is 0 Å². The van der Waals surface area contributed by atoms with Crippen molar-refractivity contribution < 1.29 is 13.6 Å².